The molecule has 0 unspecified atom stereocenters. The highest BCUT2D eigenvalue weighted by molar-refractivity contribution is 5.92. The number of hydrazone groups is 1. The minimum Gasteiger partial charge on any atom is -0.493 e. The number of rotatable bonds is 6. The molecule has 2 aromatic carbocycles. The SMILES string of the molecule is COc1cc(C=NN)ccc1OCC(=O)Nc1cccc(C)c1. The van der Waals surface area contributed by atoms with Crippen LogP contribution in [0.1, 0.15) is 11.1 Å². The Morgan fingerprint density at radius 2 is 2.09 bits per heavy atom. The third kappa shape index (κ3) is 4.74. The van der Waals surface area contributed by atoms with Crippen LogP contribution in [0, 0.1) is 6.92 Å². The van der Waals surface area contributed by atoms with E-state index in [1.807, 2.05) is 31.2 Å². The number of nitrogens with two attached hydrogens (primary N) is 1. The van der Waals surface area contributed by atoms with E-state index in [9.17, 15) is 4.79 Å². The second-order valence-electron chi connectivity index (χ2n) is 4.89. The van der Waals surface area contributed by atoms with E-state index in [-0.39, 0.29) is 12.5 Å². The van der Waals surface area contributed by atoms with Crippen molar-refractivity contribution in [2.45, 2.75) is 6.92 Å². The molecule has 0 aromatic heterocycles. The first-order valence-electron chi connectivity index (χ1n) is 7.03. The van der Waals surface area contributed by atoms with Crippen molar-refractivity contribution in [3.8, 4) is 11.5 Å². The van der Waals surface area contributed by atoms with E-state index in [0.29, 0.717) is 11.5 Å². The van der Waals surface area contributed by atoms with Gasteiger partial charge in [0.25, 0.3) is 5.91 Å². The number of hydrogen-bond donors (Lipinski definition) is 2. The maximum Gasteiger partial charge on any atom is 0.262 e. The van der Waals surface area contributed by atoms with Gasteiger partial charge in [0.05, 0.1) is 13.3 Å². The summed E-state index contributed by atoms with van der Waals surface area (Å²) in [5.74, 6) is 5.85. The Hall–Kier alpha value is -3.02. The van der Waals surface area contributed by atoms with Crippen LogP contribution in [0.2, 0.25) is 0 Å². The summed E-state index contributed by atoms with van der Waals surface area (Å²) in [5, 5.41) is 6.23. The van der Waals surface area contributed by atoms with Gasteiger partial charge in [-0.1, -0.05) is 12.1 Å². The molecule has 0 saturated carbocycles. The Labute approximate surface area is 134 Å². The summed E-state index contributed by atoms with van der Waals surface area (Å²) in [6.07, 6.45) is 1.50. The zero-order valence-corrected chi connectivity index (χ0v) is 13.1. The van der Waals surface area contributed by atoms with Crippen LogP contribution >= 0.6 is 0 Å². The number of methoxy groups -OCH3 is 1. The highest BCUT2D eigenvalue weighted by atomic mass is 16.5. The molecule has 0 spiro atoms. The topological polar surface area (TPSA) is 85.9 Å². The lowest BCUT2D eigenvalue weighted by molar-refractivity contribution is -0.118. The molecule has 0 heterocycles. The molecular weight excluding hydrogens is 294 g/mol. The molecule has 0 radical (unpaired) electrons. The normalized spacial score (nSPS) is 10.5. The monoisotopic (exact) mass is 313 g/mol. The predicted molar refractivity (Wildman–Crippen MR) is 90.1 cm³/mol. The first kappa shape index (κ1) is 16.4. The molecule has 2 aromatic rings. The Morgan fingerprint density at radius 1 is 1.26 bits per heavy atom. The number of carbonyl (C=O) groups excluding carboxylic acids is 1. The Bertz CT molecular complexity index is 714. The van der Waals surface area contributed by atoms with Crippen LogP contribution in [-0.4, -0.2) is 25.8 Å². The largest absolute Gasteiger partial charge is 0.493 e. The Morgan fingerprint density at radius 3 is 2.78 bits per heavy atom. The van der Waals surface area contributed by atoms with Gasteiger partial charge in [-0.2, -0.15) is 5.10 Å². The average Bonchev–Trinajstić information content (AvgIpc) is 2.54. The zero-order chi connectivity index (χ0) is 16.7. The predicted octanol–water partition coefficient (Wildman–Crippen LogP) is 2.31. The second kappa shape index (κ2) is 7.84. The van der Waals surface area contributed by atoms with Crippen molar-refractivity contribution in [3.05, 3.63) is 53.6 Å². The molecule has 0 fully saturated rings. The van der Waals surface area contributed by atoms with E-state index in [1.54, 1.807) is 18.2 Å². The standard InChI is InChI=1S/C17H19N3O3/c1-12-4-3-5-14(8-12)20-17(21)11-23-15-7-6-13(10-19-18)9-16(15)22-2/h3-10H,11,18H2,1-2H3,(H,20,21). The average molecular weight is 313 g/mol. The number of nitrogens with zero attached hydrogens (tertiary/aromatic N) is 1. The first-order chi connectivity index (χ1) is 11.1. The lowest BCUT2D eigenvalue weighted by Gasteiger charge is -2.11. The number of benzene rings is 2. The van der Waals surface area contributed by atoms with Crippen molar-refractivity contribution >= 4 is 17.8 Å². The Balaban J connectivity index is 1.98. The van der Waals surface area contributed by atoms with Crippen LogP contribution in [0.4, 0.5) is 5.69 Å². The summed E-state index contributed by atoms with van der Waals surface area (Å²) in [5.41, 5.74) is 2.59. The molecule has 0 atom stereocenters. The molecule has 0 aliphatic heterocycles. The molecular formula is C17H19N3O3. The van der Waals surface area contributed by atoms with Crippen LogP contribution in [-0.2, 0) is 4.79 Å². The fourth-order valence-electron chi connectivity index (χ4n) is 2.03. The summed E-state index contributed by atoms with van der Waals surface area (Å²) in [7, 11) is 1.53. The van der Waals surface area contributed by atoms with Gasteiger partial charge in [-0.3, -0.25) is 4.79 Å². The van der Waals surface area contributed by atoms with Crippen LogP contribution in [0.5, 0.6) is 11.5 Å². The minimum absolute atomic E-state index is 0.116. The molecule has 120 valence electrons. The van der Waals surface area contributed by atoms with Crippen LogP contribution in [0.15, 0.2) is 47.6 Å². The van der Waals surface area contributed by atoms with Crippen molar-refractivity contribution in [3.63, 3.8) is 0 Å². The van der Waals surface area contributed by atoms with Crippen molar-refractivity contribution < 1.29 is 14.3 Å². The molecule has 0 aliphatic rings. The van der Waals surface area contributed by atoms with E-state index in [2.05, 4.69) is 10.4 Å². The number of anilines is 1. The van der Waals surface area contributed by atoms with Gasteiger partial charge in [-0.15, -0.1) is 0 Å². The summed E-state index contributed by atoms with van der Waals surface area (Å²) in [4.78, 5) is 12.0. The summed E-state index contributed by atoms with van der Waals surface area (Å²) < 4.78 is 10.8. The van der Waals surface area contributed by atoms with E-state index in [0.717, 1.165) is 16.8 Å². The van der Waals surface area contributed by atoms with Gasteiger partial charge in [0.15, 0.2) is 18.1 Å². The molecule has 3 N–H and O–H groups in total. The number of hydrogen-bond acceptors (Lipinski definition) is 5. The fraction of sp³-hybridized carbons (Fsp3) is 0.176. The number of nitrogens with one attached hydrogen (secondary N) is 1. The quantitative estimate of drug-likeness (QED) is 0.487. The maximum absolute atomic E-state index is 12.0. The molecule has 2 rings (SSSR count). The van der Waals surface area contributed by atoms with Crippen LogP contribution in [0.3, 0.4) is 0 Å². The second-order valence-corrected chi connectivity index (χ2v) is 4.89. The van der Waals surface area contributed by atoms with E-state index < -0.39 is 0 Å². The fourth-order valence-corrected chi connectivity index (χ4v) is 2.03. The van der Waals surface area contributed by atoms with Gasteiger partial charge in [0.2, 0.25) is 0 Å². The van der Waals surface area contributed by atoms with Crippen molar-refractivity contribution in [2.75, 3.05) is 19.0 Å². The Kier molecular flexibility index (Phi) is 5.57. The van der Waals surface area contributed by atoms with Gasteiger partial charge in [-0.25, -0.2) is 0 Å². The smallest absolute Gasteiger partial charge is 0.262 e. The summed E-state index contributed by atoms with van der Waals surface area (Å²) in [6.45, 7) is 1.85. The molecule has 0 bridgehead atoms. The lowest BCUT2D eigenvalue weighted by atomic mass is 10.2. The molecule has 1 amide bonds. The third-order valence-corrected chi connectivity index (χ3v) is 3.07. The van der Waals surface area contributed by atoms with Crippen molar-refractivity contribution in [1.29, 1.82) is 0 Å². The highest BCUT2D eigenvalue weighted by Crippen LogP contribution is 2.27. The summed E-state index contributed by atoms with van der Waals surface area (Å²) >= 11 is 0. The van der Waals surface area contributed by atoms with E-state index in [1.165, 1.54) is 13.3 Å². The zero-order valence-electron chi connectivity index (χ0n) is 13.1. The highest BCUT2D eigenvalue weighted by Gasteiger charge is 2.08. The van der Waals surface area contributed by atoms with E-state index in [4.69, 9.17) is 15.3 Å². The number of ether oxygens (including phenoxy) is 2. The number of aryl methyl sites for hydroxylation is 1. The van der Waals surface area contributed by atoms with Crippen molar-refractivity contribution in [2.24, 2.45) is 10.9 Å². The molecule has 0 aliphatic carbocycles. The molecule has 0 saturated heterocycles. The van der Waals surface area contributed by atoms with Gasteiger partial charge in [-0.05, 0) is 48.4 Å². The van der Waals surface area contributed by atoms with Gasteiger partial charge < -0.3 is 20.6 Å². The first-order valence-corrected chi connectivity index (χ1v) is 7.03. The van der Waals surface area contributed by atoms with Crippen LogP contribution < -0.4 is 20.6 Å². The number of amides is 1. The van der Waals surface area contributed by atoms with Crippen LogP contribution in [0.25, 0.3) is 0 Å². The minimum atomic E-state index is -0.245. The third-order valence-electron chi connectivity index (χ3n) is 3.07. The van der Waals surface area contributed by atoms with Crippen molar-refractivity contribution in [1.82, 2.24) is 0 Å². The molecule has 6 heteroatoms. The maximum atomic E-state index is 12.0. The summed E-state index contributed by atoms with van der Waals surface area (Å²) in [6, 6.07) is 12.8. The lowest BCUT2D eigenvalue weighted by Crippen LogP contribution is -2.20. The van der Waals surface area contributed by atoms with Gasteiger partial charge >= 0.3 is 0 Å². The van der Waals surface area contributed by atoms with Gasteiger partial charge in [0.1, 0.15) is 0 Å². The molecule has 6 nitrogen and oxygen atoms in total. The van der Waals surface area contributed by atoms with E-state index >= 15 is 0 Å². The molecule has 23 heavy (non-hydrogen) atoms. The number of carbonyl (C=O) groups is 1. The van der Waals surface area contributed by atoms with Gasteiger partial charge in [0, 0.05) is 5.69 Å².